The van der Waals surface area contributed by atoms with Crippen LogP contribution in [-0.4, -0.2) is 116 Å². The number of hydrogen-bond acceptors (Lipinski definition) is 11. The molecule has 0 unspecified atom stereocenters. The third-order valence-corrected chi connectivity index (χ3v) is 16.3. The second-order valence-electron chi connectivity index (χ2n) is 19.4. The Morgan fingerprint density at radius 2 is 1.56 bits per heavy atom. The lowest BCUT2D eigenvalue weighted by atomic mass is 9.38. The van der Waals surface area contributed by atoms with Crippen LogP contribution in [0.2, 0.25) is 0 Å². The van der Waals surface area contributed by atoms with Gasteiger partial charge in [0.1, 0.15) is 36.6 Å². The van der Waals surface area contributed by atoms with Crippen LogP contribution in [0.3, 0.4) is 0 Å². The topological polar surface area (TPSA) is 196 Å². The highest BCUT2D eigenvalue weighted by Crippen LogP contribution is 2.72. The first-order valence-corrected chi connectivity index (χ1v) is 19.9. The number of aliphatic hydroxyl groups is 6. The van der Waals surface area contributed by atoms with Crippen LogP contribution in [0.15, 0.2) is 11.6 Å². The first kappa shape index (κ1) is 39.1. The van der Waals surface area contributed by atoms with E-state index < -0.39 is 66.7 Å². The average molecular weight is 737 g/mol. The number of aliphatic carboxylic acids is 1. The minimum Gasteiger partial charge on any atom is -0.481 e. The van der Waals surface area contributed by atoms with Gasteiger partial charge in [-0.3, -0.25) is 4.79 Å². The lowest BCUT2D eigenvalue weighted by molar-refractivity contribution is -0.364. The molecule has 0 aromatic carbocycles. The molecular formula is C40H64O12. The molecular weight excluding hydrogens is 672 g/mol. The number of hydrogen-bond donors (Lipinski definition) is 7. The lowest BCUT2D eigenvalue weighted by Gasteiger charge is -2.67. The van der Waals surface area contributed by atoms with Gasteiger partial charge < -0.3 is 54.7 Å². The van der Waals surface area contributed by atoms with Gasteiger partial charge in [-0.1, -0.05) is 46.3 Å². The number of rotatable bonds is 6. The van der Waals surface area contributed by atoms with E-state index in [1.807, 2.05) is 0 Å². The zero-order valence-electron chi connectivity index (χ0n) is 31.8. The van der Waals surface area contributed by atoms with Gasteiger partial charge >= 0.3 is 5.97 Å². The summed E-state index contributed by atoms with van der Waals surface area (Å²) in [4.78, 5) is 13.0. The maximum atomic E-state index is 13.0. The highest BCUT2D eigenvalue weighted by molar-refractivity contribution is 5.76. The molecule has 18 atom stereocenters. The van der Waals surface area contributed by atoms with E-state index in [2.05, 4.69) is 40.7 Å². The van der Waals surface area contributed by atoms with E-state index in [1.165, 1.54) is 5.57 Å². The first-order valence-electron chi connectivity index (χ1n) is 19.9. The lowest BCUT2D eigenvalue weighted by Crippen LogP contribution is -2.64. The summed E-state index contributed by atoms with van der Waals surface area (Å²) in [5, 5.41) is 73.8. The number of carboxylic acids is 1. The maximum absolute atomic E-state index is 13.0. The molecule has 7 aliphatic rings. The van der Waals surface area contributed by atoms with Crippen LogP contribution in [0.1, 0.15) is 106 Å². The summed E-state index contributed by atoms with van der Waals surface area (Å²) >= 11 is 0. The molecule has 7 rings (SSSR count). The molecule has 0 radical (unpaired) electrons. The summed E-state index contributed by atoms with van der Waals surface area (Å²) < 4.78 is 24.4. The van der Waals surface area contributed by atoms with E-state index in [0.29, 0.717) is 37.0 Å². The van der Waals surface area contributed by atoms with E-state index in [1.54, 1.807) is 6.92 Å². The maximum Gasteiger partial charge on any atom is 0.310 e. The van der Waals surface area contributed by atoms with Gasteiger partial charge in [0.2, 0.25) is 0 Å². The fraction of sp³-hybridized carbons (Fsp3) is 0.925. The van der Waals surface area contributed by atoms with Crippen molar-refractivity contribution in [3.05, 3.63) is 11.6 Å². The molecule has 12 heteroatoms. The van der Waals surface area contributed by atoms with Crippen molar-refractivity contribution in [2.75, 3.05) is 13.2 Å². The van der Waals surface area contributed by atoms with Crippen LogP contribution in [0.5, 0.6) is 0 Å². The Balaban J connectivity index is 1.11. The normalized spacial score (nSPS) is 54.5. The monoisotopic (exact) mass is 736 g/mol. The Labute approximate surface area is 307 Å². The van der Waals surface area contributed by atoms with Gasteiger partial charge in [-0.2, -0.15) is 0 Å². The number of fused-ring (bicyclic) bond motifs is 7. The quantitative estimate of drug-likeness (QED) is 0.156. The molecule has 7 N–H and O–H groups in total. The molecule has 0 bridgehead atoms. The van der Waals surface area contributed by atoms with Crippen LogP contribution in [0.4, 0.5) is 0 Å². The van der Waals surface area contributed by atoms with Crippen molar-refractivity contribution in [3.8, 4) is 0 Å². The molecule has 0 spiro atoms. The molecule has 12 nitrogen and oxygen atoms in total. The van der Waals surface area contributed by atoms with Crippen molar-refractivity contribution >= 4 is 5.97 Å². The Morgan fingerprint density at radius 1 is 0.846 bits per heavy atom. The van der Waals surface area contributed by atoms with Crippen molar-refractivity contribution in [1.82, 2.24) is 0 Å². The zero-order chi connectivity index (χ0) is 37.8. The van der Waals surface area contributed by atoms with Gasteiger partial charge in [-0.25, -0.2) is 0 Å². The summed E-state index contributed by atoms with van der Waals surface area (Å²) in [6.45, 7) is 12.9. The molecule has 4 saturated carbocycles. The third-order valence-electron chi connectivity index (χ3n) is 16.3. The number of carbonyl (C=O) groups is 1. The van der Waals surface area contributed by atoms with Crippen molar-refractivity contribution in [3.63, 3.8) is 0 Å². The molecule has 2 aliphatic heterocycles. The summed E-state index contributed by atoms with van der Waals surface area (Å²) in [5.74, 6) is 0.441. The Morgan fingerprint density at radius 3 is 2.25 bits per heavy atom. The van der Waals surface area contributed by atoms with E-state index in [-0.39, 0.29) is 46.9 Å². The van der Waals surface area contributed by atoms with E-state index >= 15 is 0 Å². The van der Waals surface area contributed by atoms with E-state index in [4.69, 9.17) is 18.9 Å². The Kier molecular flexibility index (Phi) is 10.1. The summed E-state index contributed by atoms with van der Waals surface area (Å²) in [6.07, 6.45) is -1.20. The van der Waals surface area contributed by atoms with Gasteiger partial charge in [0.15, 0.2) is 12.6 Å². The number of carboxylic acid groups (broad SMARTS) is 1. The molecule has 296 valence electrons. The van der Waals surface area contributed by atoms with Gasteiger partial charge in [0.05, 0.1) is 24.2 Å². The minimum atomic E-state index is -1.59. The van der Waals surface area contributed by atoms with Crippen molar-refractivity contribution < 1.29 is 59.5 Å². The SMILES string of the molecule is C[C@@H]1O[C@@H](O[C@H]2[C@H](O[C@H]3CC[C@]4(C)[C@H]5CC=C6[C@@H]7C[C@](C)(CO)CC[C@]7(C(=O)O)CC[C@@]6(C)[C@@H]5CC[C@H]4C3(C)C)OC[C@H](O)[C@@H]2O)[C@H](O)[C@H](O)[C@H]1O. The second-order valence-corrected chi connectivity index (χ2v) is 19.4. The van der Waals surface area contributed by atoms with Crippen LogP contribution in [-0.2, 0) is 23.7 Å². The molecule has 0 aromatic heterocycles. The molecule has 5 aliphatic carbocycles. The molecule has 0 amide bonds. The molecule has 6 fully saturated rings. The summed E-state index contributed by atoms with van der Waals surface area (Å²) in [5.41, 5.74) is -0.0577. The summed E-state index contributed by atoms with van der Waals surface area (Å²) in [7, 11) is 0. The fourth-order valence-corrected chi connectivity index (χ4v) is 12.9. The predicted molar refractivity (Wildman–Crippen MR) is 187 cm³/mol. The third kappa shape index (κ3) is 5.87. The molecule has 2 saturated heterocycles. The van der Waals surface area contributed by atoms with E-state index in [0.717, 1.165) is 44.9 Å². The zero-order valence-corrected chi connectivity index (χ0v) is 31.8. The average Bonchev–Trinajstić information content (AvgIpc) is 3.10. The van der Waals surface area contributed by atoms with Crippen molar-refractivity contribution in [2.45, 2.75) is 167 Å². The smallest absolute Gasteiger partial charge is 0.310 e. The standard InChI is InChI=1S/C40H64O12/c1-20-28(43)30(45)31(46)33(50-20)52-32-29(44)25(42)18-49-34(32)51-27-11-12-39(6)22-7-8-23-24-17-37(4,19-41)13-15-40(24,35(47)48)16-14-38(23,5)21(22)9-10-26(39)36(27,2)3/h8,20-22,24-34,41-46H,7,9-19H2,1-6H3,(H,47,48)/t20-,21+,22-,24-,25-,26-,27-,28-,29-,30+,31+,32+,33-,34-,37+,38-,39+,40-/m0/s1. The molecule has 2 heterocycles. The highest BCUT2D eigenvalue weighted by Gasteiger charge is 2.66. The fourth-order valence-electron chi connectivity index (χ4n) is 12.9. The Bertz CT molecular complexity index is 1390. The van der Waals surface area contributed by atoms with Crippen LogP contribution >= 0.6 is 0 Å². The highest BCUT2D eigenvalue weighted by atomic mass is 16.8. The van der Waals surface area contributed by atoms with Crippen molar-refractivity contribution in [2.24, 2.45) is 50.7 Å². The minimum absolute atomic E-state index is 0.0109. The Hall–Kier alpha value is -1.19. The molecule has 0 aromatic rings. The first-order chi connectivity index (χ1) is 24.3. The number of aliphatic hydroxyl groups excluding tert-OH is 6. The summed E-state index contributed by atoms with van der Waals surface area (Å²) in [6, 6.07) is 0. The second kappa shape index (κ2) is 13.5. The molecule has 52 heavy (non-hydrogen) atoms. The van der Waals surface area contributed by atoms with Crippen LogP contribution in [0.25, 0.3) is 0 Å². The van der Waals surface area contributed by atoms with E-state index in [9.17, 15) is 40.5 Å². The van der Waals surface area contributed by atoms with Gasteiger partial charge in [-0.15, -0.1) is 0 Å². The predicted octanol–water partition coefficient (Wildman–Crippen LogP) is 3.13. The van der Waals surface area contributed by atoms with Gasteiger partial charge in [0.25, 0.3) is 0 Å². The van der Waals surface area contributed by atoms with Crippen LogP contribution < -0.4 is 0 Å². The largest absolute Gasteiger partial charge is 0.481 e. The van der Waals surface area contributed by atoms with Gasteiger partial charge in [-0.05, 0) is 116 Å². The number of allylic oxidation sites excluding steroid dienone is 2. The van der Waals surface area contributed by atoms with Crippen LogP contribution in [0, 0.1) is 50.7 Å². The van der Waals surface area contributed by atoms with Gasteiger partial charge in [0, 0.05) is 6.61 Å². The van der Waals surface area contributed by atoms with Crippen molar-refractivity contribution in [1.29, 1.82) is 0 Å². The number of ether oxygens (including phenoxy) is 4.